The van der Waals surface area contributed by atoms with Crippen LogP contribution in [0, 0.1) is 0 Å². The molecule has 0 radical (unpaired) electrons. The Morgan fingerprint density at radius 1 is 0.848 bits per heavy atom. The predicted molar refractivity (Wildman–Crippen MR) is 136 cm³/mol. The number of esters is 1. The Morgan fingerprint density at radius 2 is 1.30 bits per heavy atom. The molecule has 10 heteroatoms. The highest BCUT2D eigenvalue weighted by Crippen LogP contribution is 2.36. The zero-order valence-electron chi connectivity index (χ0n) is 22.1. The molecule has 2 unspecified atom stereocenters. The van der Waals surface area contributed by atoms with Crippen LogP contribution < -0.4 is 11.1 Å². The summed E-state index contributed by atoms with van der Waals surface area (Å²) in [6.45, 7) is 16.6. The van der Waals surface area contributed by atoms with Crippen LogP contribution in [-0.4, -0.2) is 72.1 Å². The molecule has 33 heavy (non-hydrogen) atoms. The van der Waals surface area contributed by atoms with E-state index in [2.05, 4.69) is 46.9 Å². The molecule has 3 N–H and O–H groups in total. The molecule has 0 spiro atoms. The molecular weight excluding hydrogens is 456 g/mol. The molecule has 0 saturated carbocycles. The molecule has 1 saturated heterocycles. The molecule has 1 amide bonds. The van der Waals surface area contributed by atoms with Crippen LogP contribution in [0.5, 0.6) is 0 Å². The average Bonchev–Trinajstić information content (AvgIpc) is 2.82. The summed E-state index contributed by atoms with van der Waals surface area (Å²) in [5.41, 5.74) is 6.17. The Kier molecular flexibility index (Phi) is 12.8. The van der Waals surface area contributed by atoms with Gasteiger partial charge in [0, 0.05) is 13.5 Å². The van der Waals surface area contributed by atoms with Crippen molar-refractivity contribution in [3.8, 4) is 0 Å². The van der Waals surface area contributed by atoms with Crippen LogP contribution in [0.2, 0.25) is 36.3 Å². The van der Waals surface area contributed by atoms with Gasteiger partial charge in [-0.2, -0.15) is 0 Å². The third kappa shape index (κ3) is 7.35. The number of rotatable bonds is 14. The second-order valence-corrected chi connectivity index (χ2v) is 18.4. The lowest BCUT2D eigenvalue weighted by Crippen LogP contribution is -2.70. The molecule has 1 aliphatic heterocycles. The third-order valence-electron chi connectivity index (χ3n) is 7.45. The van der Waals surface area contributed by atoms with Gasteiger partial charge in [0.15, 0.2) is 22.7 Å². The highest BCUT2D eigenvalue weighted by Gasteiger charge is 2.54. The number of ether oxygens (including phenoxy) is 2. The zero-order chi connectivity index (χ0) is 25.2. The highest BCUT2D eigenvalue weighted by molar-refractivity contribution is 6.74. The molecule has 1 aliphatic rings. The first-order valence-electron chi connectivity index (χ1n) is 12.8. The van der Waals surface area contributed by atoms with Crippen molar-refractivity contribution in [1.82, 2.24) is 5.32 Å². The zero-order valence-corrected chi connectivity index (χ0v) is 24.1. The molecule has 194 valence electrons. The molecule has 5 atom stereocenters. The molecule has 0 aromatic heterocycles. The quantitative estimate of drug-likeness (QED) is 0.275. The molecular formula is C23H48N2O6Si2. The molecule has 1 rings (SSSR count). The van der Waals surface area contributed by atoms with Crippen molar-refractivity contribution in [2.75, 3.05) is 13.2 Å². The van der Waals surface area contributed by atoms with E-state index < -0.39 is 53.1 Å². The number of hydrogen-bond donors (Lipinski definition) is 2. The fourth-order valence-corrected chi connectivity index (χ4v) is 10.5. The third-order valence-corrected chi connectivity index (χ3v) is 16.7. The minimum Gasteiger partial charge on any atom is -0.464 e. The van der Waals surface area contributed by atoms with Crippen LogP contribution in [0.4, 0.5) is 0 Å². The molecule has 0 bridgehead atoms. The summed E-state index contributed by atoms with van der Waals surface area (Å²) >= 11 is 0. The summed E-state index contributed by atoms with van der Waals surface area (Å²) in [5, 5.41) is 2.96. The van der Waals surface area contributed by atoms with E-state index >= 15 is 0 Å². The Bertz CT molecular complexity index is 599. The molecule has 0 aromatic carbocycles. The van der Waals surface area contributed by atoms with E-state index in [1.165, 1.54) is 6.92 Å². The maximum atomic E-state index is 12.9. The van der Waals surface area contributed by atoms with Crippen LogP contribution in [0.25, 0.3) is 0 Å². The fraction of sp³-hybridized carbons (Fsp3) is 0.913. The van der Waals surface area contributed by atoms with Gasteiger partial charge in [-0.15, -0.1) is 0 Å². The number of amides is 1. The van der Waals surface area contributed by atoms with Crippen LogP contribution in [0.1, 0.15) is 55.4 Å². The Hall–Kier alpha value is -0.786. The van der Waals surface area contributed by atoms with E-state index in [0.717, 1.165) is 36.3 Å². The Morgan fingerprint density at radius 3 is 1.67 bits per heavy atom. The summed E-state index contributed by atoms with van der Waals surface area (Å²) in [6.07, 6.45) is -2.51. The lowest BCUT2D eigenvalue weighted by molar-refractivity contribution is -0.196. The minimum absolute atomic E-state index is 0.188. The second kappa shape index (κ2) is 13.9. The molecule has 0 aromatic rings. The van der Waals surface area contributed by atoms with E-state index in [9.17, 15) is 9.59 Å². The summed E-state index contributed by atoms with van der Waals surface area (Å²) in [5.74, 6) is -0.762. The van der Waals surface area contributed by atoms with Crippen LogP contribution >= 0.6 is 0 Å². The molecule has 0 aliphatic carbocycles. The van der Waals surface area contributed by atoms with Gasteiger partial charge >= 0.3 is 5.97 Å². The standard InChI is InChI=1S/C23H48N2O6Si2/c1-9-28-23(27)22-19(25-17(8)26)21(31-33(13-5,14-6)15-7)20(18(16-24)29-22)30-32(10-2,11-3)12-4/h18-22H,9-16,24H2,1-8H3,(H,25,26)/t18-,19?,20-,21-,22?/m1/s1. The van der Waals surface area contributed by atoms with E-state index in [-0.39, 0.29) is 19.1 Å². The topological polar surface area (TPSA) is 109 Å². The molecule has 8 nitrogen and oxygen atoms in total. The Balaban J connectivity index is 3.62. The lowest BCUT2D eigenvalue weighted by Gasteiger charge is -2.51. The SMILES string of the molecule is CCOC(=O)C1O[C@H](CN)[C@@H](O[Si](CC)(CC)CC)[C@H](O[Si](CC)(CC)CC)C1NC(C)=O. The number of carbonyl (C=O) groups is 2. The van der Waals surface area contributed by atoms with E-state index in [4.69, 9.17) is 24.1 Å². The average molecular weight is 505 g/mol. The first kappa shape index (κ1) is 30.2. The summed E-state index contributed by atoms with van der Waals surface area (Å²) in [4.78, 5) is 25.2. The van der Waals surface area contributed by atoms with Gasteiger partial charge < -0.3 is 29.4 Å². The van der Waals surface area contributed by atoms with Gasteiger partial charge in [-0.25, -0.2) is 4.79 Å². The number of carbonyl (C=O) groups excluding carboxylic acids is 2. The van der Waals surface area contributed by atoms with Gasteiger partial charge in [-0.1, -0.05) is 41.5 Å². The minimum atomic E-state index is -2.13. The summed E-state index contributed by atoms with van der Waals surface area (Å²) < 4.78 is 25.5. The van der Waals surface area contributed by atoms with Crippen LogP contribution in [0.15, 0.2) is 0 Å². The molecule has 1 heterocycles. The first-order valence-corrected chi connectivity index (χ1v) is 17.9. The Labute approximate surface area is 202 Å². The van der Waals surface area contributed by atoms with Gasteiger partial charge in [0.2, 0.25) is 5.91 Å². The van der Waals surface area contributed by atoms with Crippen molar-refractivity contribution in [1.29, 1.82) is 0 Å². The largest absolute Gasteiger partial charge is 0.464 e. The number of nitrogens with two attached hydrogens (primary N) is 1. The van der Waals surface area contributed by atoms with E-state index in [1.54, 1.807) is 6.92 Å². The van der Waals surface area contributed by atoms with Crippen molar-refractivity contribution in [2.45, 2.75) is 122 Å². The maximum absolute atomic E-state index is 12.9. The van der Waals surface area contributed by atoms with Crippen molar-refractivity contribution >= 4 is 28.5 Å². The summed E-state index contributed by atoms with van der Waals surface area (Å²) in [7, 11) is -4.21. The lowest BCUT2D eigenvalue weighted by atomic mass is 9.92. The number of nitrogens with one attached hydrogen (secondary N) is 1. The van der Waals surface area contributed by atoms with E-state index in [0.29, 0.717) is 0 Å². The normalized spacial score (nSPS) is 26.2. The molecule has 1 fully saturated rings. The van der Waals surface area contributed by atoms with Crippen molar-refractivity contribution < 1.29 is 27.9 Å². The van der Waals surface area contributed by atoms with Gasteiger partial charge in [0.25, 0.3) is 0 Å². The van der Waals surface area contributed by atoms with E-state index in [1.807, 2.05) is 0 Å². The van der Waals surface area contributed by atoms with Crippen molar-refractivity contribution in [2.24, 2.45) is 5.73 Å². The fourth-order valence-electron chi connectivity index (χ4n) is 4.81. The van der Waals surface area contributed by atoms with Crippen molar-refractivity contribution in [3.63, 3.8) is 0 Å². The first-order chi connectivity index (χ1) is 15.6. The van der Waals surface area contributed by atoms with Crippen molar-refractivity contribution in [3.05, 3.63) is 0 Å². The van der Waals surface area contributed by atoms with Gasteiger partial charge in [0.05, 0.1) is 31.0 Å². The smallest absolute Gasteiger partial charge is 0.337 e. The predicted octanol–water partition coefficient (Wildman–Crippen LogP) is 3.56. The van der Waals surface area contributed by atoms with Crippen LogP contribution in [0.3, 0.4) is 0 Å². The van der Waals surface area contributed by atoms with Gasteiger partial charge in [-0.3, -0.25) is 4.79 Å². The summed E-state index contributed by atoms with van der Waals surface area (Å²) in [6, 6.07) is 4.99. The monoisotopic (exact) mass is 504 g/mol. The maximum Gasteiger partial charge on any atom is 0.337 e. The second-order valence-electron chi connectivity index (χ2n) is 8.96. The number of hydrogen-bond acceptors (Lipinski definition) is 7. The van der Waals surface area contributed by atoms with Gasteiger partial charge in [0.1, 0.15) is 0 Å². The van der Waals surface area contributed by atoms with Gasteiger partial charge in [-0.05, 0) is 43.2 Å². The van der Waals surface area contributed by atoms with Crippen LogP contribution in [-0.2, 0) is 27.9 Å². The highest BCUT2D eigenvalue weighted by atomic mass is 28.4.